The van der Waals surface area contributed by atoms with Crippen molar-refractivity contribution in [3.63, 3.8) is 0 Å². The molecule has 0 bridgehead atoms. The number of hydrogen-bond acceptors (Lipinski definition) is 5. The number of carboxylic acid groups (broad SMARTS) is 1. The highest BCUT2D eigenvalue weighted by atomic mass is 35.5. The summed E-state index contributed by atoms with van der Waals surface area (Å²) < 4.78 is 0. The fourth-order valence-corrected chi connectivity index (χ4v) is 3.43. The van der Waals surface area contributed by atoms with E-state index in [9.17, 15) is 29.4 Å². The van der Waals surface area contributed by atoms with E-state index in [1.54, 1.807) is 24.3 Å². The van der Waals surface area contributed by atoms with Crippen LogP contribution >= 0.6 is 23.2 Å². The van der Waals surface area contributed by atoms with E-state index in [0.717, 1.165) is 12.1 Å². The fraction of sp³-hybridized carbons (Fsp3) is 0. The number of aldehydes is 2. The number of hydrogen-bond donors (Lipinski definition) is 3. The van der Waals surface area contributed by atoms with Crippen LogP contribution in [0.1, 0.15) is 41.4 Å². The predicted molar refractivity (Wildman–Crippen MR) is 116 cm³/mol. The summed E-state index contributed by atoms with van der Waals surface area (Å²) in [6.45, 7) is 0. The van der Waals surface area contributed by atoms with Gasteiger partial charge in [-0.2, -0.15) is 0 Å². The highest BCUT2D eigenvalue weighted by Gasteiger charge is 2.21. The van der Waals surface area contributed by atoms with Crippen LogP contribution < -0.4 is 5.32 Å². The molecular formula is C22H13Cl2NO6. The first kappa shape index (κ1) is 22.0. The van der Waals surface area contributed by atoms with Gasteiger partial charge in [-0.1, -0.05) is 35.3 Å². The van der Waals surface area contributed by atoms with Crippen LogP contribution in [0.2, 0.25) is 10.0 Å². The number of carbonyl (C=O) groups is 4. The third kappa shape index (κ3) is 4.58. The average molecular weight is 458 g/mol. The Kier molecular flexibility index (Phi) is 6.39. The SMILES string of the molecule is O=Cc1cc(C(=O)O)c(C(=O)Nc2cc(-c3ccc(Cl)cc3Cl)ccc2C=O)cc1O. The van der Waals surface area contributed by atoms with Gasteiger partial charge < -0.3 is 15.5 Å². The maximum Gasteiger partial charge on any atom is 0.336 e. The number of aromatic hydroxyl groups is 1. The second-order valence-corrected chi connectivity index (χ2v) is 7.22. The number of amides is 1. The first-order valence-electron chi connectivity index (χ1n) is 8.66. The van der Waals surface area contributed by atoms with Gasteiger partial charge in [0.2, 0.25) is 0 Å². The number of anilines is 1. The Hall–Kier alpha value is -3.68. The van der Waals surface area contributed by atoms with Crippen molar-refractivity contribution in [3.05, 3.63) is 80.8 Å². The number of aromatic carboxylic acids is 1. The molecule has 0 unspecified atom stereocenters. The summed E-state index contributed by atoms with van der Waals surface area (Å²) in [5, 5.41) is 22.5. The van der Waals surface area contributed by atoms with Gasteiger partial charge in [-0.15, -0.1) is 0 Å². The predicted octanol–water partition coefficient (Wildman–Crippen LogP) is 4.94. The van der Waals surface area contributed by atoms with E-state index in [2.05, 4.69) is 5.32 Å². The number of benzene rings is 3. The molecule has 0 radical (unpaired) electrons. The molecule has 3 N–H and O–H groups in total. The van der Waals surface area contributed by atoms with Gasteiger partial charge in [-0.05, 0) is 42.0 Å². The minimum Gasteiger partial charge on any atom is -0.507 e. The smallest absolute Gasteiger partial charge is 0.336 e. The van der Waals surface area contributed by atoms with Gasteiger partial charge in [0.25, 0.3) is 5.91 Å². The molecule has 3 aromatic rings. The maximum atomic E-state index is 12.8. The summed E-state index contributed by atoms with van der Waals surface area (Å²) >= 11 is 12.1. The van der Waals surface area contributed by atoms with Crippen LogP contribution in [0.5, 0.6) is 5.75 Å². The van der Waals surface area contributed by atoms with Crippen LogP contribution in [0.3, 0.4) is 0 Å². The van der Waals surface area contributed by atoms with Crippen molar-refractivity contribution in [3.8, 4) is 16.9 Å². The molecular weight excluding hydrogens is 445 g/mol. The van der Waals surface area contributed by atoms with Crippen molar-refractivity contribution >= 4 is 53.3 Å². The molecule has 0 atom stereocenters. The van der Waals surface area contributed by atoms with Crippen LogP contribution in [0.4, 0.5) is 5.69 Å². The number of rotatable bonds is 6. The number of phenols is 1. The van der Waals surface area contributed by atoms with Crippen LogP contribution in [0.15, 0.2) is 48.5 Å². The van der Waals surface area contributed by atoms with Crippen molar-refractivity contribution in [1.29, 1.82) is 0 Å². The Labute approximate surface area is 185 Å². The lowest BCUT2D eigenvalue weighted by Crippen LogP contribution is -2.18. The zero-order chi connectivity index (χ0) is 22.7. The number of nitrogens with one attached hydrogen (secondary N) is 1. The standard InChI is InChI=1S/C22H13Cl2NO6/c23-14-3-4-15(18(24)7-14)11-1-2-12(9-26)19(6-11)25-21(29)16-8-20(28)13(10-27)5-17(16)22(30)31/h1-10,28H,(H,25,29)(H,30,31). The Morgan fingerprint density at radius 1 is 0.871 bits per heavy atom. The molecule has 0 aromatic heterocycles. The van der Waals surface area contributed by atoms with Gasteiger partial charge >= 0.3 is 5.97 Å². The summed E-state index contributed by atoms with van der Waals surface area (Å²) in [6.07, 6.45) is 0.793. The second-order valence-electron chi connectivity index (χ2n) is 6.38. The number of phenolic OH excluding ortho intramolecular Hbond substituents is 1. The largest absolute Gasteiger partial charge is 0.507 e. The number of halogens is 2. The van der Waals surface area contributed by atoms with Crippen molar-refractivity contribution < 1.29 is 29.4 Å². The molecule has 0 fully saturated rings. The molecule has 0 saturated heterocycles. The third-order valence-electron chi connectivity index (χ3n) is 4.44. The Bertz CT molecular complexity index is 1240. The van der Waals surface area contributed by atoms with E-state index in [-0.39, 0.29) is 28.7 Å². The zero-order valence-electron chi connectivity index (χ0n) is 15.6. The quantitative estimate of drug-likeness (QED) is 0.450. The Morgan fingerprint density at radius 3 is 2.19 bits per heavy atom. The van der Waals surface area contributed by atoms with Crippen LogP contribution in [-0.2, 0) is 0 Å². The zero-order valence-corrected chi connectivity index (χ0v) is 17.1. The normalized spacial score (nSPS) is 10.4. The van der Waals surface area contributed by atoms with Gasteiger partial charge in [0, 0.05) is 21.2 Å². The van der Waals surface area contributed by atoms with E-state index in [4.69, 9.17) is 23.2 Å². The molecule has 0 aliphatic carbocycles. The molecule has 156 valence electrons. The van der Waals surface area contributed by atoms with E-state index in [1.165, 1.54) is 12.1 Å². The molecule has 3 rings (SSSR count). The monoisotopic (exact) mass is 457 g/mol. The lowest BCUT2D eigenvalue weighted by molar-refractivity contribution is 0.0692. The molecule has 1 amide bonds. The van der Waals surface area contributed by atoms with Gasteiger partial charge in [0.1, 0.15) is 5.75 Å². The van der Waals surface area contributed by atoms with Crippen LogP contribution in [0, 0.1) is 0 Å². The highest BCUT2D eigenvalue weighted by Crippen LogP contribution is 2.33. The first-order valence-corrected chi connectivity index (χ1v) is 9.42. The Morgan fingerprint density at radius 2 is 1.58 bits per heavy atom. The van der Waals surface area contributed by atoms with Crippen LogP contribution in [-0.4, -0.2) is 34.7 Å². The summed E-state index contributed by atoms with van der Waals surface area (Å²) in [7, 11) is 0. The van der Waals surface area contributed by atoms with Gasteiger partial charge in [0.15, 0.2) is 12.6 Å². The Balaban J connectivity index is 2.05. The fourth-order valence-electron chi connectivity index (χ4n) is 2.91. The molecule has 0 aliphatic heterocycles. The van der Waals surface area contributed by atoms with E-state index in [0.29, 0.717) is 27.5 Å². The second kappa shape index (κ2) is 8.99. The van der Waals surface area contributed by atoms with Crippen molar-refractivity contribution in [2.24, 2.45) is 0 Å². The van der Waals surface area contributed by atoms with E-state index in [1.807, 2.05) is 0 Å². The molecule has 0 aliphatic rings. The number of carboxylic acids is 1. The highest BCUT2D eigenvalue weighted by molar-refractivity contribution is 6.36. The van der Waals surface area contributed by atoms with Crippen LogP contribution in [0.25, 0.3) is 11.1 Å². The summed E-state index contributed by atoms with van der Waals surface area (Å²) in [4.78, 5) is 46.7. The van der Waals surface area contributed by atoms with Gasteiger partial charge in [-0.25, -0.2) is 4.79 Å². The molecule has 3 aromatic carbocycles. The van der Waals surface area contributed by atoms with Gasteiger partial charge in [0.05, 0.1) is 22.4 Å². The number of carbonyl (C=O) groups excluding carboxylic acids is 3. The van der Waals surface area contributed by atoms with Crippen molar-refractivity contribution in [2.45, 2.75) is 0 Å². The summed E-state index contributed by atoms with van der Waals surface area (Å²) in [5.41, 5.74) is 0.247. The van der Waals surface area contributed by atoms with E-state index < -0.39 is 23.2 Å². The molecule has 0 saturated carbocycles. The average Bonchev–Trinajstić information content (AvgIpc) is 2.73. The lowest BCUT2D eigenvalue weighted by atomic mass is 10.0. The topological polar surface area (TPSA) is 121 Å². The maximum absolute atomic E-state index is 12.8. The van der Waals surface area contributed by atoms with Gasteiger partial charge in [-0.3, -0.25) is 14.4 Å². The van der Waals surface area contributed by atoms with Crippen molar-refractivity contribution in [2.75, 3.05) is 5.32 Å². The van der Waals surface area contributed by atoms with E-state index >= 15 is 0 Å². The molecule has 31 heavy (non-hydrogen) atoms. The lowest BCUT2D eigenvalue weighted by Gasteiger charge is -2.13. The molecule has 0 spiro atoms. The first-order chi connectivity index (χ1) is 14.7. The summed E-state index contributed by atoms with van der Waals surface area (Å²) in [5.74, 6) is -2.92. The van der Waals surface area contributed by atoms with Crippen molar-refractivity contribution in [1.82, 2.24) is 0 Å². The molecule has 7 nitrogen and oxygen atoms in total. The third-order valence-corrected chi connectivity index (χ3v) is 4.99. The minimum absolute atomic E-state index is 0.0961. The molecule has 9 heteroatoms. The summed E-state index contributed by atoms with van der Waals surface area (Å²) in [6, 6.07) is 11.2. The minimum atomic E-state index is -1.47. The molecule has 0 heterocycles.